The highest BCUT2D eigenvalue weighted by molar-refractivity contribution is 7.91. The zero-order valence-corrected chi connectivity index (χ0v) is 13.9. The molecule has 1 fully saturated rings. The number of aromatic nitrogens is 1. The monoisotopic (exact) mass is 344 g/mol. The average Bonchev–Trinajstić information content (AvgIpc) is 2.96. The quantitative estimate of drug-likeness (QED) is 0.747. The SMILES string of the molecule is Cc1sc(NS(=O)(=O)NC2CC2)nc1-c1ccc(CN)s1. The van der Waals surface area contributed by atoms with Crippen LogP contribution in [0.5, 0.6) is 0 Å². The molecule has 21 heavy (non-hydrogen) atoms. The normalized spacial score (nSPS) is 15.3. The maximum absolute atomic E-state index is 11.9. The number of nitrogens with two attached hydrogens (primary N) is 1. The molecule has 0 atom stereocenters. The van der Waals surface area contributed by atoms with Gasteiger partial charge < -0.3 is 5.73 Å². The predicted molar refractivity (Wildman–Crippen MR) is 86.8 cm³/mol. The summed E-state index contributed by atoms with van der Waals surface area (Å²) in [5.74, 6) is 0. The Balaban J connectivity index is 1.80. The van der Waals surface area contributed by atoms with Crippen LogP contribution in [0.1, 0.15) is 22.6 Å². The molecule has 0 unspecified atom stereocenters. The van der Waals surface area contributed by atoms with Crippen molar-refractivity contribution in [3.05, 3.63) is 21.9 Å². The summed E-state index contributed by atoms with van der Waals surface area (Å²) in [6.45, 7) is 2.43. The number of aryl methyl sites for hydroxylation is 1. The number of rotatable bonds is 6. The molecule has 9 heteroatoms. The first-order valence-corrected chi connectivity index (χ1v) is 9.65. The van der Waals surface area contributed by atoms with Crippen LogP contribution in [0.15, 0.2) is 12.1 Å². The largest absolute Gasteiger partial charge is 0.326 e. The predicted octanol–water partition coefficient (Wildman–Crippen LogP) is 2.05. The number of hydrogen-bond donors (Lipinski definition) is 3. The summed E-state index contributed by atoms with van der Waals surface area (Å²) in [5.41, 5.74) is 6.43. The maximum atomic E-state index is 11.9. The van der Waals surface area contributed by atoms with Crippen LogP contribution in [0, 0.1) is 6.92 Å². The van der Waals surface area contributed by atoms with Crippen molar-refractivity contribution in [1.29, 1.82) is 0 Å². The fourth-order valence-corrected chi connectivity index (χ4v) is 5.03. The molecule has 0 aliphatic heterocycles. The molecule has 0 aromatic carbocycles. The van der Waals surface area contributed by atoms with Crippen molar-refractivity contribution in [2.24, 2.45) is 5.73 Å². The Bertz CT molecular complexity index is 746. The Kier molecular flexibility index (Phi) is 4.02. The van der Waals surface area contributed by atoms with Crippen LogP contribution < -0.4 is 15.2 Å². The fraction of sp³-hybridized carbons (Fsp3) is 0.417. The summed E-state index contributed by atoms with van der Waals surface area (Å²) >= 11 is 2.91. The molecule has 1 saturated carbocycles. The number of hydrogen-bond acceptors (Lipinski definition) is 6. The number of thiophene rings is 1. The van der Waals surface area contributed by atoms with E-state index in [-0.39, 0.29) is 6.04 Å². The van der Waals surface area contributed by atoms with Crippen molar-refractivity contribution < 1.29 is 8.42 Å². The standard InChI is InChI=1S/C12H16N4O2S3/c1-7-11(10-5-4-9(6-13)20-10)14-12(19-7)16-21(17,18)15-8-2-3-8/h4-5,8,15H,2-3,6,13H2,1H3,(H,14,16). The minimum atomic E-state index is -3.53. The highest BCUT2D eigenvalue weighted by Gasteiger charge is 2.27. The summed E-state index contributed by atoms with van der Waals surface area (Å²) in [4.78, 5) is 7.46. The Morgan fingerprint density at radius 3 is 2.76 bits per heavy atom. The van der Waals surface area contributed by atoms with Gasteiger partial charge in [0.1, 0.15) is 0 Å². The number of thiazole rings is 1. The molecule has 6 nitrogen and oxygen atoms in total. The van der Waals surface area contributed by atoms with Crippen LogP contribution in [0.25, 0.3) is 10.6 Å². The van der Waals surface area contributed by atoms with Gasteiger partial charge in [0.2, 0.25) is 0 Å². The average molecular weight is 344 g/mol. The van der Waals surface area contributed by atoms with Gasteiger partial charge in [-0.3, -0.25) is 0 Å². The van der Waals surface area contributed by atoms with Gasteiger partial charge in [0.15, 0.2) is 5.13 Å². The highest BCUT2D eigenvalue weighted by atomic mass is 32.2. The van der Waals surface area contributed by atoms with Gasteiger partial charge in [-0.05, 0) is 31.9 Å². The second kappa shape index (κ2) is 5.65. The van der Waals surface area contributed by atoms with Gasteiger partial charge in [0, 0.05) is 22.3 Å². The molecule has 1 aliphatic rings. The fourth-order valence-electron chi connectivity index (χ4n) is 1.85. The van der Waals surface area contributed by atoms with Gasteiger partial charge in [-0.15, -0.1) is 22.7 Å². The summed E-state index contributed by atoms with van der Waals surface area (Å²) in [6.07, 6.45) is 1.81. The number of nitrogens with one attached hydrogen (secondary N) is 2. The Hall–Kier alpha value is -1.00. The Morgan fingerprint density at radius 2 is 2.14 bits per heavy atom. The molecule has 0 spiro atoms. The minimum absolute atomic E-state index is 0.0763. The van der Waals surface area contributed by atoms with Crippen LogP contribution >= 0.6 is 22.7 Å². The molecule has 0 saturated heterocycles. The van der Waals surface area contributed by atoms with Crippen molar-refractivity contribution >= 4 is 38.0 Å². The molecule has 114 valence electrons. The van der Waals surface area contributed by atoms with Gasteiger partial charge in [-0.25, -0.2) is 9.71 Å². The zero-order valence-electron chi connectivity index (χ0n) is 11.4. The lowest BCUT2D eigenvalue weighted by atomic mass is 10.3. The van der Waals surface area contributed by atoms with E-state index in [0.717, 1.165) is 33.2 Å². The summed E-state index contributed by atoms with van der Waals surface area (Å²) < 4.78 is 28.8. The maximum Gasteiger partial charge on any atom is 0.301 e. The topological polar surface area (TPSA) is 97.1 Å². The van der Waals surface area contributed by atoms with Crippen LogP contribution in [0.2, 0.25) is 0 Å². The van der Waals surface area contributed by atoms with E-state index in [1.807, 2.05) is 19.1 Å². The van der Waals surface area contributed by atoms with Crippen molar-refractivity contribution in [3.8, 4) is 10.6 Å². The molecule has 0 amide bonds. The van der Waals surface area contributed by atoms with E-state index in [9.17, 15) is 8.42 Å². The van der Waals surface area contributed by atoms with Gasteiger partial charge in [-0.1, -0.05) is 0 Å². The molecule has 0 radical (unpaired) electrons. The third-order valence-corrected chi connectivity index (χ3v) is 6.25. The third-order valence-electron chi connectivity index (χ3n) is 3.01. The van der Waals surface area contributed by atoms with Crippen molar-refractivity contribution in [1.82, 2.24) is 9.71 Å². The first kappa shape index (κ1) is 14.9. The Morgan fingerprint density at radius 1 is 1.38 bits per heavy atom. The molecule has 4 N–H and O–H groups in total. The van der Waals surface area contributed by atoms with E-state index in [1.165, 1.54) is 11.3 Å². The van der Waals surface area contributed by atoms with Gasteiger partial charge in [0.25, 0.3) is 0 Å². The molecular formula is C12H16N4O2S3. The molecule has 2 aromatic heterocycles. The lowest BCUT2D eigenvalue weighted by Crippen LogP contribution is -2.31. The van der Waals surface area contributed by atoms with Crippen molar-refractivity contribution in [3.63, 3.8) is 0 Å². The second-order valence-electron chi connectivity index (χ2n) is 4.89. The van der Waals surface area contributed by atoms with Gasteiger partial charge in [-0.2, -0.15) is 13.1 Å². The second-order valence-corrected chi connectivity index (χ2v) is 8.71. The number of nitrogens with zero attached hydrogens (tertiary/aromatic N) is 1. The van der Waals surface area contributed by atoms with E-state index in [4.69, 9.17) is 5.73 Å². The summed E-state index contributed by atoms with van der Waals surface area (Å²) in [7, 11) is -3.53. The van der Waals surface area contributed by atoms with Gasteiger partial charge in [0.05, 0.1) is 10.6 Å². The Labute approximate surface area is 131 Å². The molecule has 1 aliphatic carbocycles. The molecular weight excluding hydrogens is 328 g/mol. The van der Waals surface area contributed by atoms with E-state index in [1.54, 1.807) is 11.3 Å². The first-order valence-electron chi connectivity index (χ1n) is 6.53. The zero-order chi connectivity index (χ0) is 15.0. The van der Waals surface area contributed by atoms with E-state index < -0.39 is 10.2 Å². The molecule has 2 heterocycles. The van der Waals surface area contributed by atoms with E-state index in [0.29, 0.717) is 11.7 Å². The summed E-state index contributed by atoms with van der Waals surface area (Å²) in [6, 6.07) is 4.01. The third kappa shape index (κ3) is 3.61. The van der Waals surface area contributed by atoms with Crippen LogP contribution in [0.4, 0.5) is 5.13 Å². The van der Waals surface area contributed by atoms with Crippen molar-refractivity contribution in [2.75, 3.05) is 4.72 Å². The molecule has 3 rings (SSSR count). The lowest BCUT2D eigenvalue weighted by molar-refractivity contribution is 0.586. The first-order chi connectivity index (χ1) is 9.97. The molecule has 0 bridgehead atoms. The van der Waals surface area contributed by atoms with E-state index in [2.05, 4.69) is 14.4 Å². The smallest absolute Gasteiger partial charge is 0.301 e. The lowest BCUT2D eigenvalue weighted by Gasteiger charge is -2.04. The highest BCUT2D eigenvalue weighted by Crippen LogP contribution is 2.35. The van der Waals surface area contributed by atoms with Gasteiger partial charge >= 0.3 is 10.2 Å². The van der Waals surface area contributed by atoms with Crippen LogP contribution in [-0.2, 0) is 16.8 Å². The minimum Gasteiger partial charge on any atom is -0.326 e. The molecule has 2 aromatic rings. The summed E-state index contributed by atoms with van der Waals surface area (Å²) in [5, 5.41) is 0.387. The van der Waals surface area contributed by atoms with Crippen LogP contribution in [-0.4, -0.2) is 19.4 Å². The van der Waals surface area contributed by atoms with Crippen LogP contribution in [0.3, 0.4) is 0 Å². The van der Waals surface area contributed by atoms with Crippen molar-refractivity contribution in [2.45, 2.75) is 32.4 Å². The number of anilines is 1. The van der Waals surface area contributed by atoms with E-state index >= 15 is 0 Å².